The molecule has 21 heavy (non-hydrogen) atoms. The minimum absolute atomic E-state index is 0.0112. The van der Waals surface area contributed by atoms with Crippen molar-refractivity contribution in [3.05, 3.63) is 36.0 Å². The van der Waals surface area contributed by atoms with Gasteiger partial charge in [-0.3, -0.25) is 4.98 Å². The first-order valence-electron chi connectivity index (χ1n) is 6.66. The molecule has 114 valence electrons. The molecule has 0 aliphatic carbocycles. The van der Waals surface area contributed by atoms with Gasteiger partial charge in [0.2, 0.25) is 0 Å². The van der Waals surface area contributed by atoms with Crippen molar-refractivity contribution in [1.82, 2.24) is 4.98 Å². The quantitative estimate of drug-likeness (QED) is 0.905. The van der Waals surface area contributed by atoms with E-state index in [1.807, 2.05) is 13.8 Å². The Hall–Kier alpha value is -1.82. The summed E-state index contributed by atoms with van der Waals surface area (Å²) in [5, 5.41) is 13.0. The maximum absolute atomic E-state index is 12.7. The van der Waals surface area contributed by atoms with Gasteiger partial charge in [-0.2, -0.15) is 13.2 Å². The van der Waals surface area contributed by atoms with E-state index in [1.165, 1.54) is 12.3 Å². The minimum Gasteiger partial charge on any atom is -0.396 e. The van der Waals surface area contributed by atoms with Crippen molar-refractivity contribution < 1.29 is 18.3 Å². The summed E-state index contributed by atoms with van der Waals surface area (Å²) in [6.45, 7) is 3.84. The molecule has 0 saturated heterocycles. The van der Waals surface area contributed by atoms with Crippen LogP contribution in [0, 0.1) is 5.92 Å². The van der Waals surface area contributed by atoms with Crippen LogP contribution in [0.2, 0.25) is 0 Å². The van der Waals surface area contributed by atoms with Gasteiger partial charge in [-0.15, -0.1) is 0 Å². The van der Waals surface area contributed by atoms with Gasteiger partial charge in [-0.25, -0.2) is 0 Å². The molecule has 0 amide bonds. The minimum atomic E-state index is -4.38. The van der Waals surface area contributed by atoms with Crippen molar-refractivity contribution in [3.8, 4) is 0 Å². The highest BCUT2D eigenvalue weighted by Crippen LogP contribution is 2.32. The standard InChI is InChI=1S/C15H17F3N2O/c1-9(8-21)10(2)20-13-5-6-19-14-7-11(15(16,17)18)3-4-12(13)14/h3-7,9-10,21H,8H2,1-2H3,(H,19,20). The summed E-state index contributed by atoms with van der Waals surface area (Å²) in [6.07, 6.45) is -2.90. The van der Waals surface area contributed by atoms with Crippen LogP contribution in [0.4, 0.5) is 18.9 Å². The third-order valence-electron chi connectivity index (χ3n) is 3.59. The monoisotopic (exact) mass is 298 g/mol. The molecule has 0 saturated carbocycles. The number of alkyl halides is 3. The fourth-order valence-electron chi connectivity index (χ4n) is 2.00. The van der Waals surface area contributed by atoms with Crippen LogP contribution in [0.1, 0.15) is 19.4 Å². The van der Waals surface area contributed by atoms with Crippen LogP contribution < -0.4 is 5.32 Å². The number of halogens is 3. The van der Waals surface area contributed by atoms with Gasteiger partial charge >= 0.3 is 6.18 Å². The van der Waals surface area contributed by atoms with E-state index in [0.29, 0.717) is 16.6 Å². The molecule has 2 aromatic rings. The lowest BCUT2D eigenvalue weighted by molar-refractivity contribution is -0.137. The van der Waals surface area contributed by atoms with Crippen molar-refractivity contribution in [2.75, 3.05) is 11.9 Å². The molecule has 3 nitrogen and oxygen atoms in total. The Bertz CT molecular complexity index is 628. The third kappa shape index (κ3) is 3.44. The van der Waals surface area contributed by atoms with Gasteiger partial charge in [0.25, 0.3) is 0 Å². The molecule has 2 N–H and O–H groups in total. The number of aromatic nitrogens is 1. The second kappa shape index (κ2) is 5.89. The van der Waals surface area contributed by atoms with E-state index in [9.17, 15) is 13.2 Å². The molecule has 0 aliphatic rings. The van der Waals surface area contributed by atoms with Crippen LogP contribution >= 0.6 is 0 Å². The molecule has 2 rings (SSSR count). The number of benzene rings is 1. The summed E-state index contributed by atoms with van der Waals surface area (Å²) in [4.78, 5) is 4.00. The van der Waals surface area contributed by atoms with Gasteiger partial charge in [0.15, 0.2) is 0 Å². The predicted molar refractivity (Wildman–Crippen MR) is 76.1 cm³/mol. The van der Waals surface area contributed by atoms with E-state index < -0.39 is 11.7 Å². The molecule has 6 heteroatoms. The average molecular weight is 298 g/mol. The van der Waals surface area contributed by atoms with Gasteiger partial charge in [0.05, 0.1) is 11.1 Å². The highest BCUT2D eigenvalue weighted by atomic mass is 19.4. The molecule has 2 unspecified atom stereocenters. The molecule has 0 aliphatic heterocycles. The van der Waals surface area contributed by atoms with Crippen molar-refractivity contribution in [3.63, 3.8) is 0 Å². The summed E-state index contributed by atoms with van der Waals surface area (Å²) >= 11 is 0. The maximum Gasteiger partial charge on any atom is 0.416 e. The molecule has 0 radical (unpaired) electrons. The second-order valence-electron chi connectivity index (χ2n) is 5.18. The first-order valence-corrected chi connectivity index (χ1v) is 6.66. The SMILES string of the molecule is CC(CO)C(C)Nc1ccnc2cc(C(F)(F)F)ccc12. The van der Waals surface area contributed by atoms with Crippen LogP contribution in [-0.2, 0) is 6.18 Å². The van der Waals surface area contributed by atoms with E-state index in [1.54, 1.807) is 6.07 Å². The van der Waals surface area contributed by atoms with E-state index in [2.05, 4.69) is 10.3 Å². The van der Waals surface area contributed by atoms with Gasteiger partial charge < -0.3 is 10.4 Å². The fourth-order valence-corrected chi connectivity index (χ4v) is 2.00. The number of anilines is 1. The Labute approximate surface area is 120 Å². The molecule has 1 aromatic heterocycles. The van der Waals surface area contributed by atoms with Crippen molar-refractivity contribution in [2.45, 2.75) is 26.1 Å². The zero-order valence-electron chi connectivity index (χ0n) is 11.8. The number of aliphatic hydroxyl groups excluding tert-OH is 1. The Morgan fingerprint density at radius 3 is 2.57 bits per heavy atom. The number of hydrogen-bond donors (Lipinski definition) is 2. The first-order chi connectivity index (χ1) is 9.82. The molecule has 1 aromatic carbocycles. The van der Waals surface area contributed by atoms with Gasteiger partial charge in [-0.1, -0.05) is 13.0 Å². The van der Waals surface area contributed by atoms with Gasteiger partial charge in [-0.05, 0) is 31.0 Å². The number of hydrogen-bond acceptors (Lipinski definition) is 3. The fraction of sp³-hybridized carbons (Fsp3) is 0.400. The maximum atomic E-state index is 12.7. The average Bonchev–Trinajstić information content (AvgIpc) is 2.45. The smallest absolute Gasteiger partial charge is 0.396 e. The zero-order chi connectivity index (χ0) is 15.6. The van der Waals surface area contributed by atoms with Crippen LogP contribution in [0.15, 0.2) is 30.5 Å². The van der Waals surface area contributed by atoms with Crippen LogP contribution in [0.5, 0.6) is 0 Å². The number of rotatable bonds is 4. The number of nitrogens with zero attached hydrogens (tertiary/aromatic N) is 1. The summed E-state index contributed by atoms with van der Waals surface area (Å²) in [7, 11) is 0. The summed E-state index contributed by atoms with van der Waals surface area (Å²) in [5.41, 5.74) is 0.289. The van der Waals surface area contributed by atoms with Crippen LogP contribution in [-0.4, -0.2) is 22.7 Å². The van der Waals surface area contributed by atoms with Crippen molar-refractivity contribution in [2.24, 2.45) is 5.92 Å². The number of nitrogens with one attached hydrogen (secondary N) is 1. The van der Waals surface area contributed by atoms with E-state index in [4.69, 9.17) is 5.11 Å². The van der Waals surface area contributed by atoms with Gasteiger partial charge in [0.1, 0.15) is 0 Å². The number of aliphatic hydroxyl groups is 1. The lowest BCUT2D eigenvalue weighted by Gasteiger charge is -2.21. The third-order valence-corrected chi connectivity index (χ3v) is 3.59. The lowest BCUT2D eigenvalue weighted by Crippen LogP contribution is -2.26. The molecule has 2 atom stereocenters. The summed E-state index contributed by atoms with van der Waals surface area (Å²) < 4.78 is 38.1. The number of pyridine rings is 1. The molecule has 0 bridgehead atoms. The van der Waals surface area contributed by atoms with Crippen molar-refractivity contribution >= 4 is 16.6 Å². The predicted octanol–water partition coefficient (Wildman–Crippen LogP) is 3.68. The molecule has 0 spiro atoms. The van der Waals surface area contributed by atoms with E-state index >= 15 is 0 Å². The zero-order valence-corrected chi connectivity index (χ0v) is 11.8. The largest absolute Gasteiger partial charge is 0.416 e. The van der Waals surface area contributed by atoms with Crippen LogP contribution in [0.25, 0.3) is 10.9 Å². The summed E-state index contributed by atoms with van der Waals surface area (Å²) in [5.74, 6) is 0.0302. The summed E-state index contributed by atoms with van der Waals surface area (Å²) in [6, 6.07) is 5.22. The van der Waals surface area contributed by atoms with E-state index in [-0.39, 0.29) is 18.6 Å². The first kappa shape index (κ1) is 15.6. The normalized spacial score (nSPS) is 15.0. The molecular weight excluding hydrogens is 281 g/mol. The number of fused-ring (bicyclic) bond motifs is 1. The van der Waals surface area contributed by atoms with E-state index in [0.717, 1.165) is 12.1 Å². The van der Waals surface area contributed by atoms with Crippen LogP contribution in [0.3, 0.4) is 0 Å². The highest BCUT2D eigenvalue weighted by Gasteiger charge is 2.30. The molecule has 0 fully saturated rings. The highest BCUT2D eigenvalue weighted by molar-refractivity contribution is 5.91. The Kier molecular flexibility index (Phi) is 4.37. The molecular formula is C15H17F3N2O. The lowest BCUT2D eigenvalue weighted by atomic mass is 10.0. The van der Waals surface area contributed by atoms with Crippen molar-refractivity contribution in [1.29, 1.82) is 0 Å². The Balaban J connectivity index is 2.38. The van der Waals surface area contributed by atoms with Gasteiger partial charge in [0, 0.05) is 29.9 Å². The second-order valence-corrected chi connectivity index (χ2v) is 5.18. The topological polar surface area (TPSA) is 45.1 Å². The molecule has 1 heterocycles. The Morgan fingerprint density at radius 1 is 1.24 bits per heavy atom. The Morgan fingerprint density at radius 2 is 1.95 bits per heavy atom.